The van der Waals surface area contributed by atoms with Crippen molar-refractivity contribution in [3.8, 4) is 5.82 Å². The van der Waals surface area contributed by atoms with Gasteiger partial charge in [-0.2, -0.15) is 0 Å². The summed E-state index contributed by atoms with van der Waals surface area (Å²) in [6.45, 7) is 5.31. The molecular weight excluding hydrogens is 274 g/mol. The largest absolute Gasteiger partial charge is 0.468 e. The van der Waals surface area contributed by atoms with Gasteiger partial charge in [0, 0.05) is 17.5 Å². The van der Waals surface area contributed by atoms with Crippen LogP contribution in [0, 0.1) is 20.8 Å². The van der Waals surface area contributed by atoms with Gasteiger partial charge in [-0.3, -0.25) is 14.2 Å². The number of nitrogens with one attached hydrogen (secondary N) is 1. The molecule has 0 spiro atoms. The Hall–Kier alpha value is -2.57. The van der Waals surface area contributed by atoms with Crippen LogP contribution in [-0.2, 0) is 9.53 Å². The summed E-state index contributed by atoms with van der Waals surface area (Å²) in [5.74, 6) is 0.480. The third kappa shape index (κ3) is 2.96. The second kappa shape index (κ2) is 5.82. The summed E-state index contributed by atoms with van der Waals surface area (Å²) in [5, 5.41) is 6.47. The molecule has 7 nitrogen and oxygen atoms in total. The minimum Gasteiger partial charge on any atom is -0.468 e. The quantitative estimate of drug-likeness (QED) is 0.858. The maximum atomic E-state index is 12.1. The normalized spacial score (nSPS) is 10.5. The molecule has 0 aliphatic carbocycles. The lowest BCUT2D eigenvalue weighted by Crippen LogP contribution is -2.30. The minimum absolute atomic E-state index is 0.165. The molecule has 7 heteroatoms. The Kier molecular flexibility index (Phi) is 4.11. The van der Waals surface area contributed by atoms with Gasteiger partial charge in [0.1, 0.15) is 12.3 Å². The van der Waals surface area contributed by atoms with Gasteiger partial charge in [-0.05, 0) is 26.8 Å². The maximum absolute atomic E-state index is 12.1. The van der Waals surface area contributed by atoms with Gasteiger partial charge >= 0.3 is 5.97 Å². The molecule has 2 rings (SSSR count). The van der Waals surface area contributed by atoms with Crippen molar-refractivity contribution in [2.45, 2.75) is 20.8 Å². The molecule has 112 valence electrons. The first-order chi connectivity index (χ1) is 9.93. The van der Waals surface area contributed by atoms with Crippen LogP contribution >= 0.6 is 0 Å². The van der Waals surface area contributed by atoms with E-state index in [0.29, 0.717) is 17.1 Å². The van der Waals surface area contributed by atoms with Gasteiger partial charge in [0.15, 0.2) is 5.82 Å². The van der Waals surface area contributed by atoms with Crippen LogP contribution in [0.25, 0.3) is 5.82 Å². The number of amides is 1. The summed E-state index contributed by atoms with van der Waals surface area (Å²) < 4.78 is 11.4. The van der Waals surface area contributed by atoms with Gasteiger partial charge in [0.2, 0.25) is 0 Å². The van der Waals surface area contributed by atoms with Gasteiger partial charge in [-0.1, -0.05) is 5.16 Å². The van der Waals surface area contributed by atoms with Crippen LogP contribution in [0.4, 0.5) is 0 Å². The molecule has 0 aliphatic rings. The van der Waals surface area contributed by atoms with Gasteiger partial charge < -0.3 is 14.6 Å². The van der Waals surface area contributed by atoms with E-state index in [1.54, 1.807) is 19.1 Å². The molecule has 21 heavy (non-hydrogen) atoms. The molecule has 0 saturated heterocycles. The number of aromatic nitrogens is 2. The first-order valence-corrected chi connectivity index (χ1v) is 6.41. The second-order valence-electron chi connectivity index (χ2n) is 4.67. The minimum atomic E-state index is -0.496. The number of esters is 1. The summed E-state index contributed by atoms with van der Waals surface area (Å²) in [4.78, 5) is 23.2. The molecule has 0 radical (unpaired) electrons. The maximum Gasteiger partial charge on any atom is 0.325 e. The Morgan fingerprint density at radius 1 is 1.33 bits per heavy atom. The molecule has 0 bridgehead atoms. The van der Waals surface area contributed by atoms with Crippen molar-refractivity contribution in [1.29, 1.82) is 0 Å². The molecule has 1 amide bonds. The van der Waals surface area contributed by atoms with Crippen LogP contribution < -0.4 is 5.32 Å². The Bertz CT molecular complexity index is 684. The second-order valence-corrected chi connectivity index (χ2v) is 4.67. The van der Waals surface area contributed by atoms with Crippen molar-refractivity contribution in [2.24, 2.45) is 0 Å². The number of aryl methyl sites for hydroxylation is 2. The molecule has 0 atom stereocenters. The predicted molar refractivity (Wildman–Crippen MR) is 74.4 cm³/mol. The third-order valence-electron chi connectivity index (χ3n) is 3.14. The Morgan fingerprint density at radius 2 is 2.05 bits per heavy atom. The lowest BCUT2D eigenvalue weighted by Gasteiger charge is -2.06. The summed E-state index contributed by atoms with van der Waals surface area (Å²) >= 11 is 0. The first kappa shape index (κ1) is 14.8. The van der Waals surface area contributed by atoms with Crippen LogP contribution in [0.2, 0.25) is 0 Å². The molecule has 1 N–H and O–H groups in total. The molecule has 2 aromatic heterocycles. The van der Waals surface area contributed by atoms with E-state index >= 15 is 0 Å². The molecule has 0 aliphatic heterocycles. The average molecular weight is 291 g/mol. The van der Waals surface area contributed by atoms with Crippen molar-refractivity contribution in [3.05, 3.63) is 34.8 Å². The van der Waals surface area contributed by atoms with Crippen LogP contribution in [0.3, 0.4) is 0 Å². The summed E-state index contributed by atoms with van der Waals surface area (Å²) in [5.41, 5.74) is 2.06. The van der Waals surface area contributed by atoms with Crippen molar-refractivity contribution in [1.82, 2.24) is 15.0 Å². The lowest BCUT2D eigenvalue weighted by molar-refractivity contribution is -0.139. The highest BCUT2D eigenvalue weighted by Crippen LogP contribution is 2.20. The van der Waals surface area contributed by atoms with Crippen molar-refractivity contribution in [3.63, 3.8) is 0 Å². The van der Waals surface area contributed by atoms with E-state index in [-0.39, 0.29) is 12.5 Å². The van der Waals surface area contributed by atoms with E-state index in [1.165, 1.54) is 7.11 Å². The predicted octanol–water partition coefficient (Wildman–Crippen LogP) is 1.29. The van der Waals surface area contributed by atoms with E-state index in [9.17, 15) is 9.59 Å². The van der Waals surface area contributed by atoms with Crippen LogP contribution in [0.1, 0.15) is 27.5 Å². The number of nitrogens with zero attached hydrogens (tertiary/aromatic N) is 2. The highest BCUT2D eigenvalue weighted by Gasteiger charge is 2.18. The number of hydrogen-bond acceptors (Lipinski definition) is 5. The standard InChI is InChI=1S/C14H17N3O4/c1-8-5-11(14(19)15-7-13(18)20-4)10(3)17(8)12-6-9(2)21-16-12/h5-6H,7H2,1-4H3,(H,15,19). The number of hydrogen-bond donors (Lipinski definition) is 1. The van der Waals surface area contributed by atoms with E-state index in [0.717, 1.165) is 11.4 Å². The summed E-state index contributed by atoms with van der Waals surface area (Å²) in [6, 6.07) is 3.53. The molecule has 0 unspecified atom stereocenters. The van der Waals surface area contributed by atoms with E-state index in [4.69, 9.17) is 4.52 Å². The average Bonchev–Trinajstić information content (AvgIpc) is 2.99. The monoisotopic (exact) mass is 291 g/mol. The third-order valence-corrected chi connectivity index (χ3v) is 3.14. The van der Waals surface area contributed by atoms with Crippen molar-refractivity contribution in [2.75, 3.05) is 13.7 Å². The molecule has 2 aromatic rings. The van der Waals surface area contributed by atoms with Crippen LogP contribution in [0.5, 0.6) is 0 Å². The van der Waals surface area contributed by atoms with Crippen LogP contribution in [0.15, 0.2) is 16.7 Å². The molecule has 2 heterocycles. The number of methoxy groups -OCH3 is 1. The van der Waals surface area contributed by atoms with Gasteiger partial charge in [-0.15, -0.1) is 0 Å². The topological polar surface area (TPSA) is 86.4 Å². The highest BCUT2D eigenvalue weighted by atomic mass is 16.5. The summed E-state index contributed by atoms with van der Waals surface area (Å²) in [6.07, 6.45) is 0. The molecule has 0 saturated carbocycles. The number of carbonyl (C=O) groups excluding carboxylic acids is 2. The van der Waals surface area contributed by atoms with E-state index in [2.05, 4.69) is 15.2 Å². The SMILES string of the molecule is COC(=O)CNC(=O)c1cc(C)n(-c2cc(C)on2)c1C. The zero-order valence-electron chi connectivity index (χ0n) is 12.4. The smallest absolute Gasteiger partial charge is 0.325 e. The Balaban J connectivity index is 2.27. The van der Waals surface area contributed by atoms with E-state index in [1.807, 2.05) is 18.4 Å². The first-order valence-electron chi connectivity index (χ1n) is 6.41. The number of ether oxygens (including phenoxy) is 1. The fraction of sp³-hybridized carbons (Fsp3) is 0.357. The molecular formula is C14H17N3O4. The summed E-state index contributed by atoms with van der Waals surface area (Å²) in [7, 11) is 1.27. The molecule has 0 aromatic carbocycles. The lowest BCUT2D eigenvalue weighted by atomic mass is 10.2. The number of rotatable bonds is 4. The molecule has 0 fully saturated rings. The van der Waals surface area contributed by atoms with Gasteiger partial charge in [-0.25, -0.2) is 0 Å². The zero-order chi connectivity index (χ0) is 15.6. The Morgan fingerprint density at radius 3 is 2.62 bits per heavy atom. The fourth-order valence-corrected chi connectivity index (χ4v) is 2.12. The van der Waals surface area contributed by atoms with Crippen molar-refractivity contribution >= 4 is 11.9 Å². The van der Waals surface area contributed by atoms with Crippen molar-refractivity contribution < 1.29 is 18.8 Å². The highest BCUT2D eigenvalue weighted by molar-refractivity contribution is 5.97. The fourth-order valence-electron chi connectivity index (χ4n) is 2.12. The van der Waals surface area contributed by atoms with E-state index < -0.39 is 5.97 Å². The van der Waals surface area contributed by atoms with Crippen LogP contribution in [-0.4, -0.2) is 35.3 Å². The van der Waals surface area contributed by atoms with Gasteiger partial charge in [0.25, 0.3) is 5.91 Å². The number of carbonyl (C=O) groups is 2. The zero-order valence-corrected chi connectivity index (χ0v) is 12.4. The Labute approximate surface area is 121 Å². The van der Waals surface area contributed by atoms with Gasteiger partial charge in [0.05, 0.1) is 12.7 Å².